The number of fused-ring (bicyclic) bond motifs is 1. The molecule has 1 N–H and O–H groups in total. The Morgan fingerprint density at radius 1 is 1.18 bits per heavy atom. The van der Waals surface area contributed by atoms with Gasteiger partial charge in [-0.25, -0.2) is 9.97 Å². The highest BCUT2D eigenvalue weighted by atomic mass is 16.5. The molecule has 2 heterocycles. The lowest BCUT2D eigenvalue weighted by Crippen LogP contribution is -2.23. The van der Waals surface area contributed by atoms with Gasteiger partial charge in [0.05, 0.1) is 12.6 Å². The van der Waals surface area contributed by atoms with E-state index in [4.69, 9.17) is 4.74 Å². The van der Waals surface area contributed by atoms with Crippen LogP contribution in [0.3, 0.4) is 0 Å². The van der Waals surface area contributed by atoms with Crippen molar-refractivity contribution in [1.82, 2.24) is 15.3 Å². The van der Waals surface area contributed by atoms with Crippen molar-refractivity contribution < 1.29 is 4.74 Å². The molecule has 0 aliphatic carbocycles. The molecular weight excluding hydrogens is 214 g/mol. The SMILES string of the molecule is c1cnc(CNC2COc3ccccc32)nc1. The van der Waals surface area contributed by atoms with E-state index in [-0.39, 0.29) is 6.04 Å². The summed E-state index contributed by atoms with van der Waals surface area (Å²) in [5.41, 5.74) is 1.21. The quantitative estimate of drug-likeness (QED) is 0.867. The van der Waals surface area contributed by atoms with Crippen molar-refractivity contribution in [2.24, 2.45) is 0 Å². The molecule has 86 valence electrons. The topological polar surface area (TPSA) is 47.0 Å². The summed E-state index contributed by atoms with van der Waals surface area (Å²) in [6.07, 6.45) is 3.51. The maximum atomic E-state index is 5.60. The molecule has 0 amide bonds. The zero-order chi connectivity index (χ0) is 11.5. The van der Waals surface area contributed by atoms with Gasteiger partial charge < -0.3 is 4.74 Å². The summed E-state index contributed by atoms with van der Waals surface area (Å²) in [7, 11) is 0. The van der Waals surface area contributed by atoms with Crippen molar-refractivity contribution in [3.05, 3.63) is 54.1 Å². The minimum absolute atomic E-state index is 0.231. The molecule has 17 heavy (non-hydrogen) atoms. The van der Waals surface area contributed by atoms with Gasteiger partial charge in [-0.05, 0) is 12.1 Å². The number of hydrogen-bond donors (Lipinski definition) is 1. The summed E-state index contributed by atoms with van der Waals surface area (Å²) in [6.45, 7) is 1.33. The standard InChI is InChI=1S/C13H13N3O/c1-2-5-12-10(4-1)11(9-17-12)16-8-13-14-6-3-7-15-13/h1-7,11,16H,8-9H2. The lowest BCUT2D eigenvalue weighted by Gasteiger charge is -2.10. The van der Waals surface area contributed by atoms with Crippen LogP contribution < -0.4 is 10.1 Å². The minimum atomic E-state index is 0.231. The van der Waals surface area contributed by atoms with Crippen LogP contribution >= 0.6 is 0 Å². The molecule has 0 saturated heterocycles. The molecule has 1 aliphatic heterocycles. The maximum Gasteiger partial charge on any atom is 0.141 e. The number of nitrogens with zero attached hydrogens (tertiary/aromatic N) is 2. The predicted molar refractivity (Wildman–Crippen MR) is 63.5 cm³/mol. The van der Waals surface area contributed by atoms with Gasteiger partial charge in [0.15, 0.2) is 0 Å². The average molecular weight is 227 g/mol. The first-order valence-corrected chi connectivity index (χ1v) is 5.64. The van der Waals surface area contributed by atoms with Crippen LogP contribution in [0.5, 0.6) is 5.75 Å². The Kier molecular flexibility index (Phi) is 2.71. The van der Waals surface area contributed by atoms with Gasteiger partial charge in [-0.1, -0.05) is 18.2 Å². The molecule has 0 fully saturated rings. The molecule has 4 heteroatoms. The Bertz CT molecular complexity index is 501. The number of benzene rings is 1. The highest BCUT2D eigenvalue weighted by molar-refractivity contribution is 5.39. The summed E-state index contributed by atoms with van der Waals surface area (Å²) in [6, 6.07) is 10.2. The lowest BCUT2D eigenvalue weighted by molar-refractivity contribution is 0.309. The number of hydrogen-bond acceptors (Lipinski definition) is 4. The van der Waals surface area contributed by atoms with E-state index < -0.39 is 0 Å². The van der Waals surface area contributed by atoms with Gasteiger partial charge in [-0.3, -0.25) is 5.32 Å². The molecule has 1 aromatic heterocycles. The molecule has 2 aromatic rings. The third-order valence-electron chi connectivity index (χ3n) is 2.83. The van der Waals surface area contributed by atoms with Crippen molar-refractivity contribution in [3.8, 4) is 5.75 Å². The van der Waals surface area contributed by atoms with E-state index in [1.807, 2.05) is 24.3 Å². The van der Waals surface area contributed by atoms with E-state index >= 15 is 0 Å². The molecule has 3 rings (SSSR count). The fraction of sp³-hybridized carbons (Fsp3) is 0.231. The summed E-state index contributed by atoms with van der Waals surface area (Å²) in [4.78, 5) is 8.36. The van der Waals surface area contributed by atoms with Gasteiger partial charge in [0.2, 0.25) is 0 Å². The summed E-state index contributed by atoms with van der Waals surface area (Å²) in [5.74, 6) is 1.77. The van der Waals surface area contributed by atoms with E-state index in [0.717, 1.165) is 11.6 Å². The maximum absolute atomic E-state index is 5.60. The fourth-order valence-electron chi connectivity index (χ4n) is 1.97. The largest absolute Gasteiger partial charge is 0.491 e. The van der Waals surface area contributed by atoms with E-state index in [1.54, 1.807) is 12.4 Å². The van der Waals surface area contributed by atoms with Gasteiger partial charge in [-0.15, -0.1) is 0 Å². The van der Waals surface area contributed by atoms with Crippen LogP contribution in [0.1, 0.15) is 17.4 Å². The third-order valence-corrected chi connectivity index (χ3v) is 2.83. The van der Waals surface area contributed by atoms with Crippen LogP contribution in [0.25, 0.3) is 0 Å². The minimum Gasteiger partial charge on any atom is -0.491 e. The van der Waals surface area contributed by atoms with Gasteiger partial charge in [0.1, 0.15) is 18.2 Å². The van der Waals surface area contributed by atoms with Crippen molar-refractivity contribution in [2.75, 3.05) is 6.61 Å². The zero-order valence-electron chi connectivity index (χ0n) is 9.34. The fourth-order valence-corrected chi connectivity index (χ4v) is 1.97. The van der Waals surface area contributed by atoms with E-state index in [0.29, 0.717) is 13.2 Å². The molecule has 1 unspecified atom stereocenters. The van der Waals surface area contributed by atoms with E-state index in [2.05, 4.69) is 21.4 Å². The third kappa shape index (κ3) is 2.12. The first-order valence-electron chi connectivity index (χ1n) is 5.64. The van der Waals surface area contributed by atoms with Crippen LogP contribution in [0.15, 0.2) is 42.7 Å². The molecule has 1 aliphatic rings. The number of nitrogens with one attached hydrogen (secondary N) is 1. The summed E-state index contributed by atoms with van der Waals surface area (Å²) >= 11 is 0. The second-order valence-electron chi connectivity index (χ2n) is 3.95. The zero-order valence-corrected chi connectivity index (χ0v) is 9.34. The van der Waals surface area contributed by atoms with Crippen molar-refractivity contribution in [2.45, 2.75) is 12.6 Å². The second kappa shape index (κ2) is 4.51. The van der Waals surface area contributed by atoms with Crippen molar-refractivity contribution in [3.63, 3.8) is 0 Å². The first-order chi connectivity index (χ1) is 8.43. The Morgan fingerprint density at radius 2 is 2.00 bits per heavy atom. The second-order valence-corrected chi connectivity index (χ2v) is 3.95. The Labute approximate surface area is 99.7 Å². The molecule has 0 bridgehead atoms. The van der Waals surface area contributed by atoms with Gasteiger partial charge in [0.25, 0.3) is 0 Å². The highest BCUT2D eigenvalue weighted by Gasteiger charge is 2.22. The molecule has 1 aromatic carbocycles. The lowest BCUT2D eigenvalue weighted by atomic mass is 10.1. The van der Waals surface area contributed by atoms with Crippen LogP contribution in [-0.2, 0) is 6.54 Å². The molecular formula is C13H13N3O. The number of para-hydroxylation sites is 1. The average Bonchev–Trinajstić information content (AvgIpc) is 2.81. The monoisotopic (exact) mass is 227 g/mol. The van der Waals surface area contributed by atoms with Crippen LogP contribution in [-0.4, -0.2) is 16.6 Å². The molecule has 4 nitrogen and oxygen atoms in total. The molecule has 1 atom stereocenters. The van der Waals surface area contributed by atoms with Crippen molar-refractivity contribution >= 4 is 0 Å². The van der Waals surface area contributed by atoms with Crippen LogP contribution in [0, 0.1) is 0 Å². The van der Waals surface area contributed by atoms with Crippen LogP contribution in [0.2, 0.25) is 0 Å². The predicted octanol–water partition coefficient (Wildman–Crippen LogP) is 1.70. The highest BCUT2D eigenvalue weighted by Crippen LogP contribution is 2.31. The smallest absolute Gasteiger partial charge is 0.141 e. The molecule has 0 spiro atoms. The van der Waals surface area contributed by atoms with E-state index in [1.165, 1.54) is 5.56 Å². The molecule has 0 radical (unpaired) electrons. The Hall–Kier alpha value is -1.94. The Balaban J connectivity index is 1.68. The van der Waals surface area contributed by atoms with Crippen molar-refractivity contribution in [1.29, 1.82) is 0 Å². The van der Waals surface area contributed by atoms with Crippen LogP contribution in [0.4, 0.5) is 0 Å². The van der Waals surface area contributed by atoms with E-state index in [9.17, 15) is 0 Å². The van der Waals surface area contributed by atoms with Gasteiger partial charge in [0, 0.05) is 18.0 Å². The van der Waals surface area contributed by atoms with Gasteiger partial charge >= 0.3 is 0 Å². The Morgan fingerprint density at radius 3 is 2.88 bits per heavy atom. The number of aromatic nitrogens is 2. The summed E-state index contributed by atoms with van der Waals surface area (Å²) < 4.78 is 5.60. The molecule has 0 saturated carbocycles. The number of ether oxygens (including phenoxy) is 1. The first kappa shape index (κ1) is 10.2. The summed E-state index contributed by atoms with van der Waals surface area (Å²) in [5, 5.41) is 3.40. The normalized spacial score (nSPS) is 17.5. The number of rotatable bonds is 3. The van der Waals surface area contributed by atoms with Gasteiger partial charge in [-0.2, -0.15) is 0 Å².